The maximum absolute atomic E-state index is 13.3. The van der Waals surface area contributed by atoms with E-state index in [4.69, 9.17) is 4.74 Å². The Labute approximate surface area is 179 Å². The predicted molar refractivity (Wildman–Crippen MR) is 117 cm³/mol. The van der Waals surface area contributed by atoms with Gasteiger partial charge in [-0.2, -0.15) is 4.31 Å². The number of benzene rings is 2. The molecular formula is C23H30N2O4S. The molecule has 1 N–H and O–H groups in total. The van der Waals surface area contributed by atoms with Crippen molar-refractivity contribution in [1.82, 2.24) is 9.62 Å². The van der Waals surface area contributed by atoms with E-state index in [1.807, 2.05) is 30.3 Å². The van der Waals surface area contributed by atoms with Crippen molar-refractivity contribution in [2.75, 3.05) is 20.2 Å². The van der Waals surface area contributed by atoms with Gasteiger partial charge in [-0.15, -0.1) is 0 Å². The van der Waals surface area contributed by atoms with E-state index in [1.165, 1.54) is 30.0 Å². The molecule has 0 aliphatic heterocycles. The number of sulfonamides is 1. The van der Waals surface area contributed by atoms with E-state index in [9.17, 15) is 13.2 Å². The van der Waals surface area contributed by atoms with Crippen molar-refractivity contribution >= 4 is 15.9 Å². The van der Waals surface area contributed by atoms with Gasteiger partial charge in [0.05, 0.1) is 18.6 Å². The van der Waals surface area contributed by atoms with Gasteiger partial charge in [0.25, 0.3) is 0 Å². The lowest BCUT2D eigenvalue weighted by atomic mass is 9.95. The highest BCUT2D eigenvalue weighted by Gasteiger charge is 2.27. The largest absolute Gasteiger partial charge is 0.497 e. The smallest absolute Gasteiger partial charge is 0.243 e. The fourth-order valence-corrected chi connectivity index (χ4v) is 5.16. The molecule has 3 rings (SSSR count). The fraction of sp³-hybridized carbons (Fsp3) is 0.435. The normalized spacial score (nSPS) is 15.1. The van der Waals surface area contributed by atoms with E-state index >= 15 is 0 Å². The van der Waals surface area contributed by atoms with Crippen LogP contribution in [0.4, 0.5) is 0 Å². The van der Waals surface area contributed by atoms with Crippen LogP contribution >= 0.6 is 0 Å². The third kappa shape index (κ3) is 6.06. The van der Waals surface area contributed by atoms with Gasteiger partial charge in [0.2, 0.25) is 15.9 Å². The SMILES string of the molecule is COc1ccc(S(=O)(=O)N(CCc2ccccc2)CC(=O)NC2CCCCC2)cc1. The van der Waals surface area contributed by atoms with Gasteiger partial charge >= 0.3 is 0 Å². The van der Waals surface area contributed by atoms with E-state index in [0.717, 1.165) is 31.2 Å². The van der Waals surface area contributed by atoms with Crippen LogP contribution < -0.4 is 10.1 Å². The van der Waals surface area contributed by atoms with Crippen molar-refractivity contribution in [3.8, 4) is 5.75 Å². The molecule has 0 unspecified atom stereocenters. The van der Waals surface area contributed by atoms with Crippen molar-refractivity contribution in [3.05, 3.63) is 60.2 Å². The van der Waals surface area contributed by atoms with Crippen molar-refractivity contribution < 1.29 is 17.9 Å². The molecule has 0 radical (unpaired) electrons. The van der Waals surface area contributed by atoms with E-state index < -0.39 is 10.0 Å². The molecule has 0 bridgehead atoms. The molecule has 0 spiro atoms. The lowest BCUT2D eigenvalue weighted by Crippen LogP contribution is -2.45. The third-order valence-electron chi connectivity index (χ3n) is 5.48. The average molecular weight is 431 g/mol. The Balaban J connectivity index is 1.75. The van der Waals surface area contributed by atoms with Crippen molar-refractivity contribution in [1.29, 1.82) is 0 Å². The summed E-state index contributed by atoms with van der Waals surface area (Å²) in [6, 6.07) is 16.1. The van der Waals surface area contributed by atoms with Gasteiger partial charge < -0.3 is 10.1 Å². The fourth-order valence-electron chi connectivity index (χ4n) is 3.76. The Bertz CT molecular complexity index is 908. The van der Waals surface area contributed by atoms with E-state index in [1.54, 1.807) is 12.1 Å². The predicted octanol–water partition coefficient (Wildman–Crippen LogP) is 3.38. The first kappa shape index (κ1) is 22.3. The molecule has 162 valence electrons. The topological polar surface area (TPSA) is 75.7 Å². The zero-order chi connectivity index (χ0) is 21.4. The van der Waals surface area contributed by atoms with Crippen LogP contribution in [0.1, 0.15) is 37.7 Å². The Morgan fingerprint density at radius 2 is 1.70 bits per heavy atom. The first-order valence-corrected chi connectivity index (χ1v) is 11.9. The van der Waals surface area contributed by atoms with Crippen molar-refractivity contribution in [2.45, 2.75) is 49.5 Å². The minimum atomic E-state index is -3.82. The number of nitrogens with one attached hydrogen (secondary N) is 1. The van der Waals surface area contributed by atoms with Gasteiger partial charge in [0.15, 0.2) is 0 Å². The molecule has 2 aromatic carbocycles. The number of rotatable bonds is 9. The molecule has 1 fully saturated rings. The summed E-state index contributed by atoms with van der Waals surface area (Å²) in [5.41, 5.74) is 1.03. The number of carbonyl (C=O) groups excluding carboxylic acids is 1. The van der Waals surface area contributed by atoms with Crippen LogP contribution in [-0.2, 0) is 21.2 Å². The van der Waals surface area contributed by atoms with Crippen LogP contribution in [0, 0.1) is 0 Å². The minimum absolute atomic E-state index is 0.144. The highest BCUT2D eigenvalue weighted by atomic mass is 32.2. The molecule has 1 amide bonds. The summed E-state index contributed by atoms with van der Waals surface area (Å²) in [5, 5.41) is 3.02. The second kappa shape index (κ2) is 10.6. The van der Waals surface area contributed by atoms with Gasteiger partial charge in [-0.25, -0.2) is 8.42 Å². The summed E-state index contributed by atoms with van der Waals surface area (Å²) in [6.07, 6.45) is 5.86. The molecule has 1 aliphatic carbocycles. The first-order chi connectivity index (χ1) is 14.5. The third-order valence-corrected chi connectivity index (χ3v) is 7.34. The molecule has 30 heavy (non-hydrogen) atoms. The second-order valence-electron chi connectivity index (χ2n) is 7.65. The monoisotopic (exact) mass is 430 g/mol. The summed E-state index contributed by atoms with van der Waals surface area (Å²) < 4.78 is 33.0. The second-order valence-corrected chi connectivity index (χ2v) is 9.59. The zero-order valence-electron chi connectivity index (χ0n) is 17.4. The van der Waals surface area contributed by atoms with Gasteiger partial charge in [-0.05, 0) is 49.1 Å². The molecule has 0 aromatic heterocycles. The number of carbonyl (C=O) groups is 1. The molecular weight excluding hydrogens is 400 g/mol. The lowest BCUT2D eigenvalue weighted by Gasteiger charge is -2.26. The molecule has 0 saturated heterocycles. The number of ether oxygens (including phenoxy) is 1. The van der Waals surface area contributed by atoms with E-state index in [-0.39, 0.29) is 29.9 Å². The molecule has 7 heteroatoms. The zero-order valence-corrected chi connectivity index (χ0v) is 18.2. The first-order valence-electron chi connectivity index (χ1n) is 10.5. The highest BCUT2D eigenvalue weighted by Crippen LogP contribution is 2.21. The van der Waals surface area contributed by atoms with E-state index in [2.05, 4.69) is 5.32 Å². The number of amides is 1. The number of hydrogen-bond donors (Lipinski definition) is 1. The average Bonchev–Trinajstić information content (AvgIpc) is 2.78. The molecule has 6 nitrogen and oxygen atoms in total. The van der Waals surface area contributed by atoms with Crippen molar-refractivity contribution in [2.24, 2.45) is 0 Å². The standard InChI is InChI=1S/C23H30N2O4S/c1-29-21-12-14-22(15-13-21)30(27,28)25(17-16-19-8-4-2-5-9-19)18-23(26)24-20-10-6-3-7-11-20/h2,4-5,8-9,12-15,20H,3,6-7,10-11,16-18H2,1H3,(H,24,26). The Morgan fingerprint density at radius 3 is 2.33 bits per heavy atom. The molecule has 2 aromatic rings. The van der Waals surface area contributed by atoms with E-state index in [0.29, 0.717) is 12.2 Å². The quantitative estimate of drug-likeness (QED) is 0.662. The molecule has 0 heterocycles. The highest BCUT2D eigenvalue weighted by molar-refractivity contribution is 7.89. The summed E-state index contributed by atoms with van der Waals surface area (Å²) in [7, 11) is -2.28. The van der Waals surface area contributed by atoms with Crippen molar-refractivity contribution in [3.63, 3.8) is 0 Å². The van der Waals surface area contributed by atoms with Crippen LogP contribution in [0.5, 0.6) is 5.75 Å². The minimum Gasteiger partial charge on any atom is -0.497 e. The number of methoxy groups -OCH3 is 1. The molecule has 0 atom stereocenters. The van der Waals surface area contributed by atoms with Gasteiger partial charge in [0, 0.05) is 12.6 Å². The summed E-state index contributed by atoms with van der Waals surface area (Å²) in [4.78, 5) is 12.8. The molecule has 1 aliphatic rings. The lowest BCUT2D eigenvalue weighted by molar-refractivity contribution is -0.122. The van der Waals surface area contributed by atoms with Gasteiger partial charge in [-0.3, -0.25) is 4.79 Å². The molecule has 1 saturated carbocycles. The van der Waals surface area contributed by atoms with Crippen LogP contribution in [0.3, 0.4) is 0 Å². The van der Waals surface area contributed by atoms with Crippen LogP contribution in [0.2, 0.25) is 0 Å². The van der Waals surface area contributed by atoms with Crippen LogP contribution in [0.25, 0.3) is 0 Å². The van der Waals surface area contributed by atoms with Crippen LogP contribution in [0.15, 0.2) is 59.5 Å². The summed E-state index contributed by atoms with van der Waals surface area (Å²) in [5.74, 6) is 0.340. The Hall–Kier alpha value is -2.38. The maximum Gasteiger partial charge on any atom is 0.243 e. The number of hydrogen-bond acceptors (Lipinski definition) is 4. The van der Waals surface area contributed by atoms with Gasteiger partial charge in [0.1, 0.15) is 5.75 Å². The Kier molecular flexibility index (Phi) is 7.87. The maximum atomic E-state index is 13.3. The summed E-state index contributed by atoms with van der Waals surface area (Å²) >= 11 is 0. The van der Waals surface area contributed by atoms with Gasteiger partial charge in [-0.1, -0.05) is 49.6 Å². The number of nitrogens with zero attached hydrogens (tertiary/aromatic N) is 1. The van der Waals surface area contributed by atoms with Crippen LogP contribution in [-0.4, -0.2) is 44.9 Å². The summed E-state index contributed by atoms with van der Waals surface area (Å²) in [6.45, 7) is 0.0498. The Morgan fingerprint density at radius 1 is 1.03 bits per heavy atom.